The van der Waals surface area contributed by atoms with Crippen LogP contribution in [-0.4, -0.2) is 141 Å². The Kier molecular flexibility index (Phi) is 16.4. The van der Waals surface area contributed by atoms with Gasteiger partial charge in [0.05, 0.1) is 38.8 Å². The molecular formula is C21H35N3O12. The molecule has 1 unspecified atom stereocenters. The van der Waals surface area contributed by atoms with Crippen LogP contribution in [0.2, 0.25) is 0 Å². The summed E-state index contributed by atoms with van der Waals surface area (Å²) in [6.45, 7) is -2.28. The number of nitrogens with zero attached hydrogens (tertiary/aromatic N) is 3. The Labute approximate surface area is 207 Å². The maximum absolute atomic E-state index is 12.1. The number of carbonyl (C=O) groups is 6. The second kappa shape index (κ2) is 18.0. The summed E-state index contributed by atoms with van der Waals surface area (Å²) in [5.41, 5.74) is 0. The van der Waals surface area contributed by atoms with Crippen molar-refractivity contribution in [2.75, 3.05) is 59.0 Å². The fraction of sp³-hybridized carbons (Fsp3) is 0.714. The highest BCUT2D eigenvalue weighted by molar-refractivity contribution is 5.73. The van der Waals surface area contributed by atoms with Crippen LogP contribution >= 0.6 is 0 Å². The molecule has 0 aromatic carbocycles. The molecule has 0 saturated carbocycles. The molecule has 0 aliphatic carbocycles. The van der Waals surface area contributed by atoms with Gasteiger partial charge in [0.25, 0.3) is 0 Å². The molecule has 15 nitrogen and oxygen atoms in total. The van der Waals surface area contributed by atoms with E-state index in [1.54, 1.807) is 0 Å². The van der Waals surface area contributed by atoms with Crippen molar-refractivity contribution >= 4 is 35.8 Å². The third kappa shape index (κ3) is 17.2. The summed E-state index contributed by atoms with van der Waals surface area (Å²) < 4.78 is 5.23. The largest absolute Gasteiger partial charge is 0.480 e. The van der Waals surface area contributed by atoms with Crippen LogP contribution in [0, 0.1) is 0 Å². The van der Waals surface area contributed by atoms with Crippen molar-refractivity contribution in [2.24, 2.45) is 0 Å². The number of carbonyl (C=O) groups excluding carboxylic acids is 1. The van der Waals surface area contributed by atoms with E-state index in [9.17, 15) is 44.1 Å². The standard InChI is InChI=1S/C21H35N3O12/c1-2-3-4-5-21(35)36-14-15(24(12-19(31)32)13-20(33)34)8-22(9-16(25)26)6-7-23(10-17(27)28)11-18(29)30/h15H,2-14H2,1H3,(H,25,26)(H,27,28)(H,29,30)(H,31,32)(H,33,34). The van der Waals surface area contributed by atoms with Gasteiger partial charge < -0.3 is 30.3 Å². The van der Waals surface area contributed by atoms with Crippen molar-refractivity contribution in [2.45, 2.75) is 38.6 Å². The fourth-order valence-corrected chi connectivity index (χ4v) is 3.32. The zero-order chi connectivity index (χ0) is 27.7. The molecule has 0 radical (unpaired) electrons. The first-order chi connectivity index (χ1) is 16.8. The first kappa shape index (κ1) is 32.7. The minimum atomic E-state index is -1.35. The van der Waals surface area contributed by atoms with Crippen molar-refractivity contribution in [3.8, 4) is 0 Å². The molecule has 0 heterocycles. The normalized spacial score (nSPS) is 12.0. The summed E-state index contributed by atoms with van der Waals surface area (Å²) in [4.78, 5) is 71.5. The minimum absolute atomic E-state index is 0.108. The van der Waals surface area contributed by atoms with Crippen LogP contribution in [-0.2, 0) is 33.5 Å². The summed E-state index contributed by atoms with van der Waals surface area (Å²) in [5.74, 6) is -7.14. The zero-order valence-electron chi connectivity index (χ0n) is 20.2. The Morgan fingerprint density at radius 1 is 0.667 bits per heavy atom. The molecule has 15 heteroatoms. The molecule has 0 amide bonds. The summed E-state index contributed by atoms with van der Waals surface area (Å²) in [6.07, 6.45) is 2.34. The predicted octanol–water partition coefficient (Wildman–Crippen LogP) is -1.19. The third-order valence-corrected chi connectivity index (χ3v) is 4.89. The van der Waals surface area contributed by atoms with Crippen molar-refractivity contribution in [3.05, 3.63) is 0 Å². The Morgan fingerprint density at radius 3 is 1.56 bits per heavy atom. The molecule has 0 aromatic heterocycles. The van der Waals surface area contributed by atoms with Crippen LogP contribution in [0.5, 0.6) is 0 Å². The zero-order valence-corrected chi connectivity index (χ0v) is 20.2. The molecule has 0 rings (SSSR count). The Bertz CT molecular complexity index is 728. The molecule has 5 N–H and O–H groups in total. The lowest BCUT2D eigenvalue weighted by Crippen LogP contribution is -2.52. The molecule has 36 heavy (non-hydrogen) atoms. The number of aliphatic carboxylic acids is 5. The number of hydrogen-bond donors (Lipinski definition) is 5. The van der Waals surface area contributed by atoms with E-state index >= 15 is 0 Å². The molecule has 0 aliphatic rings. The maximum Gasteiger partial charge on any atom is 0.317 e. The molecule has 0 saturated heterocycles. The van der Waals surface area contributed by atoms with Crippen molar-refractivity contribution < 1.29 is 59.0 Å². The molecule has 0 spiro atoms. The summed E-state index contributed by atoms with van der Waals surface area (Å²) in [7, 11) is 0. The second-order valence-corrected chi connectivity index (χ2v) is 8.11. The van der Waals surface area contributed by atoms with Crippen LogP contribution in [0.1, 0.15) is 32.6 Å². The highest BCUT2D eigenvalue weighted by Gasteiger charge is 2.28. The van der Waals surface area contributed by atoms with Gasteiger partial charge >= 0.3 is 35.8 Å². The van der Waals surface area contributed by atoms with E-state index in [4.69, 9.17) is 14.9 Å². The lowest BCUT2D eigenvalue weighted by atomic mass is 10.2. The third-order valence-electron chi connectivity index (χ3n) is 4.89. The van der Waals surface area contributed by atoms with Crippen LogP contribution in [0.3, 0.4) is 0 Å². The summed E-state index contributed by atoms with van der Waals surface area (Å²) >= 11 is 0. The van der Waals surface area contributed by atoms with Crippen LogP contribution in [0.25, 0.3) is 0 Å². The average molecular weight is 522 g/mol. The fourth-order valence-electron chi connectivity index (χ4n) is 3.32. The van der Waals surface area contributed by atoms with Gasteiger partial charge in [0.1, 0.15) is 6.61 Å². The maximum atomic E-state index is 12.1. The Hall–Kier alpha value is -3.30. The summed E-state index contributed by atoms with van der Waals surface area (Å²) in [6, 6.07) is -1.03. The predicted molar refractivity (Wildman–Crippen MR) is 122 cm³/mol. The number of esters is 1. The highest BCUT2D eigenvalue weighted by Crippen LogP contribution is 2.08. The first-order valence-electron chi connectivity index (χ1n) is 11.3. The Balaban J connectivity index is 5.67. The van der Waals surface area contributed by atoms with E-state index in [1.807, 2.05) is 6.92 Å². The summed E-state index contributed by atoms with van der Waals surface area (Å²) in [5, 5.41) is 45.7. The number of carboxylic acid groups (broad SMARTS) is 5. The number of rotatable bonds is 22. The van der Waals surface area contributed by atoms with E-state index in [-0.39, 0.29) is 26.1 Å². The van der Waals surface area contributed by atoms with E-state index < -0.39 is 81.2 Å². The van der Waals surface area contributed by atoms with Gasteiger partial charge in [-0.05, 0) is 6.42 Å². The monoisotopic (exact) mass is 521 g/mol. The molecular weight excluding hydrogens is 486 g/mol. The molecule has 0 aliphatic heterocycles. The number of unbranched alkanes of at least 4 members (excludes halogenated alkanes) is 2. The molecule has 1 atom stereocenters. The molecule has 0 aromatic rings. The minimum Gasteiger partial charge on any atom is -0.480 e. The van der Waals surface area contributed by atoms with Crippen LogP contribution < -0.4 is 0 Å². The molecule has 0 fully saturated rings. The Morgan fingerprint density at radius 2 is 1.11 bits per heavy atom. The van der Waals surface area contributed by atoms with Crippen molar-refractivity contribution in [3.63, 3.8) is 0 Å². The van der Waals surface area contributed by atoms with Gasteiger partial charge in [0, 0.05) is 26.1 Å². The van der Waals surface area contributed by atoms with Gasteiger partial charge in [-0.1, -0.05) is 19.8 Å². The lowest BCUT2D eigenvalue weighted by molar-refractivity contribution is -0.149. The van der Waals surface area contributed by atoms with Gasteiger partial charge in [-0.25, -0.2) is 0 Å². The quantitative estimate of drug-likeness (QED) is 0.0834. The van der Waals surface area contributed by atoms with E-state index in [0.717, 1.165) is 22.6 Å². The number of hydrogen-bond acceptors (Lipinski definition) is 10. The number of carboxylic acids is 5. The van der Waals surface area contributed by atoms with Gasteiger partial charge in [0.2, 0.25) is 0 Å². The topological polar surface area (TPSA) is 223 Å². The first-order valence-corrected chi connectivity index (χ1v) is 11.3. The highest BCUT2D eigenvalue weighted by atomic mass is 16.5. The van der Waals surface area contributed by atoms with Crippen LogP contribution in [0.15, 0.2) is 0 Å². The average Bonchev–Trinajstić information content (AvgIpc) is 2.72. The van der Waals surface area contributed by atoms with Crippen molar-refractivity contribution in [1.29, 1.82) is 0 Å². The van der Waals surface area contributed by atoms with Gasteiger partial charge in [0.15, 0.2) is 0 Å². The lowest BCUT2D eigenvalue weighted by Gasteiger charge is -2.33. The second-order valence-electron chi connectivity index (χ2n) is 8.11. The molecule has 0 bridgehead atoms. The van der Waals surface area contributed by atoms with E-state index in [1.165, 1.54) is 4.90 Å². The van der Waals surface area contributed by atoms with Gasteiger partial charge in [-0.15, -0.1) is 0 Å². The smallest absolute Gasteiger partial charge is 0.317 e. The van der Waals surface area contributed by atoms with E-state index in [2.05, 4.69) is 0 Å². The van der Waals surface area contributed by atoms with Gasteiger partial charge in [-0.2, -0.15) is 0 Å². The van der Waals surface area contributed by atoms with Crippen molar-refractivity contribution in [1.82, 2.24) is 14.7 Å². The van der Waals surface area contributed by atoms with Crippen LogP contribution in [0.4, 0.5) is 0 Å². The van der Waals surface area contributed by atoms with Gasteiger partial charge in [-0.3, -0.25) is 43.5 Å². The van der Waals surface area contributed by atoms with E-state index in [0.29, 0.717) is 6.42 Å². The SMILES string of the molecule is CCCCCC(=O)OCC(CN(CCN(CC(=O)O)CC(=O)O)CC(=O)O)N(CC(=O)O)CC(=O)O. The molecule has 206 valence electrons. The number of ether oxygens (including phenoxy) is 1.